The van der Waals surface area contributed by atoms with E-state index in [4.69, 9.17) is 9.47 Å². The summed E-state index contributed by atoms with van der Waals surface area (Å²) in [5.74, 6) is 1.50. The molecule has 2 aromatic carbocycles. The third-order valence-corrected chi connectivity index (χ3v) is 3.87. The molecule has 3 rings (SSSR count). The molecule has 7 heteroatoms. The molecular formula is C20H20N4O3. The minimum absolute atomic E-state index is 0.197. The first-order valence-electron chi connectivity index (χ1n) is 8.33. The lowest BCUT2D eigenvalue weighted by Gasteiger charge is -2.13. The third-order valence-electron chi connectivity index (χ3n) is 3.87. The molecule has 0 spiro atoms. The van der Waals surface area contributed by atoms with Crippen LogP contribution in [-0.4, -0.2) is 30.1 Å². The predicted octanol–water partition coefficient (Wildman–Crippen LogP) is 3.17. The number of hydrogen-bond acceptors (Lipinski definition) is 6. The van der Waals surface area contributed by atoms with Crippen molar-refractivity contribution < 1.29 is 14.3 Å². The van der Waals surface area contributed by atoms with E-state index in [-0.39, 0.29) is 5.91 Å². The molecule has 0 radical (unpaired) electrons. The highest BCUT2D eigenvalue weighted by atomic mass is 16.5. The van der Waals surface area contributed by atoms with Gasteiger partial charge in [0.1, 0.15) is 0 Å². The van der Waals surface area contributed by atoms with Crippen molar-refractivity contribution in [2.24, 2.45) is 0 Å². The Morgan fingerprint density at radius 2 is 1.78 bits per heavy atom. The largest absolute Gasteiger partial charge is 0.493 e. The Morgan fingerprint density at radius 1 is 1.00 bits per heavy atom. The Morgan fingerprint density at radius 3 is 2.52 bits per heavy atom. The molecule has 2 N–H and O–H groups in total. The maximum Gasteiger partial charge on any atom is 0.251 e. The highest BCUT2D eigenvalue weighted by Crippen LogP contribution is 2.30. The average Bonchev–Trinajstić information content (AvgIpc) is 2.72. The summed E-state index contributed by atoms with van der Waals surface area (Å²) in [6, 6.07) is 14.4. The summed E-state index contributed by atoms with van der Waals surface area (Å²) in [5.41, 5.74) is 2.09. The van der Waals surface area contributed by atoms with Gasteiger partial charge in [0.25, 0.3) is 5.91 Å². The Balaban J connectivity index is 1.69. The van der Waals surface area contributed by atoms with E-state index in [0.717, 1.165) is 11.3 Å². The number of aromatic nitrogens is 2. The topological polar surface area (TPSA) is 85.4 Å². The number of ether oxygens (including phenoxy) is 2. The summed E-state index contributed by atoms with van der Waals surface area (Å²) in [6.07, 6.45) is 3.29. The van der Waals surface area contributed by atoms with Crippen molar-refractivity contribution in [2.75, 3.05) is 19.5 Å². The van der Waals surface area contributed by atoms with Crippen LogP contribution in [0.15, 0.2) is 60.9 Å². The fraction of sp³-hybridized carbons (Fsp3) is 0.150. The SMILES string of the molecule is COc1cccc(CNC(=O)c2cccc(Nc3ncccn3)c2)c1OC. The van der Waals surface area contributed by atoms with Crippen LogP contribution in [0.25, 0.3) is 0 Å². The van der Waals surface area contributed by atoms with Crippen molar-refractivity contribution in [3.05, 3.63) is 72.1 Å². The molecule has 0 saturated carbocycles. The number of methoxy groups -OCH3 is 2. The standard InChI is InChI=1S/C20H20N4O3/c1-26-17-9-4-7-15(18(17)27-2)13-23-19(25)14-6-3-8-16(12-14)24-20-21-10-5-11-22-20/h3-12H,13H2,1-2H3,(H,23,25)(H,21,22,24). The highest BCUT2D eigenvalue weighted by molar-refractivity contribution is 5.95. The van der Waals surface area contributed by atoms with Crippen molar-refractivity contribution in [2.45, 2.75) is 6.54 Å². The normalized spacial score (nSPS) is 10.1. The van der Waals surface area contributed by atoms with E-state index in [1.165, 1.54) is 0 Å². The zero-order chi connectivity index (χ0) is 19.1. The molecular weight excluding hydrogens is 344 g/mol. The summed E-state index contributed by atoms with van der Waals surface area (Å²) in [4.78, 5) is 20.8. The fourth-order valence-electron chi connectivity index (χ4n) is 2.60. The van der Waals surface area contributed by atoms with Gasteiger partial charge in [0.15, 0.2) is 11.5 Å². The number of benzene rings is 2. The Kier molecular flexibility index (Phi) is 5.84. The van der Waals surface area contributed by atoms with Gasteiger partial charge in [-0.25, -0.2) is 9.97 Å². The first-order valence-corrected chi connectivity index (χ1v) is 8.33. The van der Waals surface area contributed by atoms with E-state index in [1.807, 2.05) is 24.3 Å². The predicted molar refractivity (Wildman–Crippen MR) is 102 cm³/mol. The van der Waals surface area contributed by atoms with E-state index in [9.17, 15) is 4.79 Å². The monoisotopic (exact) mass is 364 g/mol. The molecule has 0 fully saturated rings. The quantitative estimate of drug-likeness (QED) is 0.670. The number of carbonyl (C=O) groups excluding carboxylic acids is 1. The zero-order valence-electron chi connectivity index (χ0n) is 15.1. The van der Waals surface area contributed by atoms with Crippen molar-refractivity contribution >= 4 is 17.5 Å². The summed E-state index contributed by atoms with van der Waals surface area (Å²) in [6.45, 7) is 0.318. The van der Waals surface area contributed by atoms with E-state index in [2.05, 4.69) is 20.6 Å². The highest BCUT2D eigenvalue weighted by Gasteiger charge is 2.12. The second-order valence-corrected chi connectivity index (χ2v) is 5.61. The number of nitrogens with zero attached hydrogens (tertiary/aromatic N) is 2. The van der Waals surface area contributed by atoms with Crippen LogP contribution in [0.2, 0.25) is 0 Å². The molecule has 0 aliphatic heterocycles. The van der Waals surface area contributed by atoms with E-state index < -0.39 is 0 Å². The molecule has 7 nitrogen and oxygen atoms in total. The van der Waals surface area contributed by atoms with Gasteiger partial charge in [0, 0.05) is 35.8 Å². The van der Waals surface area contributed by atoms with Crippen LogP contribution >= 0.6 is 0 Å². The van der Waals surface area contributed by atoms with Crippen molar-refractivity contribution in [1.82, 2.24) is 15.3 Å². The van der Waals surface area contributed by atoms with Crippen LogP contribution in [-0.2, 0) is 6.54 Å². The lowest BCUT2D eigenvalue weighted by atomic mass is 10.1. The number of amides is 1. The molecule has 0 bridgehead atoms. The maximum absolute atomic E-state index is 12.5. The molecule has 1 aromatic heterocycles. The Hall–Kier alpha value is -3.61. The number of nitrogens with one attached hydrogen (secondary N) is 2. The summed E-state index contributed by atoms with van der Waals surface area (Å²) in [7, 11) is 3.15. The van der Waals surface area contributed by atoms with Gasteiger partial charge in [0.2, 0.25) is 5.95 Å². The minimum atomic E-state index is -0.197. The lowest BCUT2D eigenvalue weighted by molar-refractivity contribution is 0.0950. The van der Waals surface area contributed by atoms with Gasteiger partial charge >= 0.3 is 0 Å². The molecule has 0 aliphatic rings. The van der Waals surface area contributed by atoms with Gasteiger partial charge in [-0.3, -0.25) is 4.79 Å². The van der Waals surface area contributed by atoms with Crippen molar-refractivity contribution in [1.29, 1.82) is 0 Å². The molecule has 0 saturated heterocycles. The number of hydrogen-bond donors (Lipinski definition) is 2. The third kappa shape index (κ3) is 4.52. The molecule has 1 amide bonds. The molecule has 0 aliphatic carbocycles. The number of para-hydroxylation sites is 1. The lowest BCUT2D eigenvalue weighted by Crippen LogP contribution is -2.23. The van der Waals surface area contributed by atoms with E-state index >= 15 is 0 Å². The van der Waals surface area contributed by atoms with Crippen LogP contribution in [0.3, 0.4) is 0 Å². The Bertz CT molecular complexity index is 916. The van der Waals surface area contributed by atoms with Gasteiger partial charge in [-0.15, -0.1) is 0 Å². The molecule has 0 atom stereocenters. The van der Waals surface area contributed by atoms with E-state index in [0.29, 0.717) is 29.6 Å². The number of anilines is 2. The fourth-order valence-corrected chi connectivity index (χ4v) is 2.60. The summed E-state index contributed by atoms with van der Waals surface area (Å²) >= 11 is 0. The first kappa shape index (κ1) is 18.2. The first-order chi connectivity index (χ1) is 13.2. The van der Waals surface area contributed by atoms with Crippen LogP contribution in [0.1, 0.15) is 15.9 Å². The number of carbonyl (C=O) groups is 1. The molecule has 1 heterocycles. The molecule has 138 valence electrons. The second kappa shape index (κ2) is 8.66. The molecule has 3 aromatic rings. The maximum atomic E-state index is 12.5. The van der Waals surface area contributed by atoms with Gasteiger partial charge in [-0.1, -0.05) is 18.2 Å². The average molecular weight is 364 g/mol. The van der Waals surface area contributed by atoms with Gasteiger partial charge in [0.05, 0.1) is 14.2 Å². The van der Waals surface area contributed by atoms with Crippen LogP contribution < -0.4 is 20.1 Å². The summed E-state index contributed by atoms with van der Waals surface area (Å²) < 4.78 is 10.7. The van der Waals surface area contributed by atoms with Crippen molar-refractivity contribution in [3.8, 4) is 11.5 Å². The van der Waals surface area contributed by atoms with E-state index in [1.54, 1.807) is 50.9 Å². The van der Waals surface area contributed by atoms with Gasteiger partial charge < -0.3 is 20.1 Å². The summed E-state index contributed by atoms with van der Waals surface area (Å²) in [5, 5.41) is 5.97. The smallest absolute Gasteiger partial charge is 0.251 e. The Labute approximate surface area is 157 Å². The minimum Gasteiger partial charge on any atom is -0.493 e. The van der Waals surface area contributed by atoms with Crippen LogP contribution in [0.4, 0.5) is 11.6 Å². The second-order valence-electron chi connectivity index (χ2n) is 5.61. The van der Waals surface area contributed by atoms with Gasteiger partial charge in [-0.2, -0.15) is 0 Å². The molecule has 27 heavy (non-hydrogen) atoms. The van der Waals surface area contributed by atoms with Gasteiger partial charge in [-0.05, 0) is 30.3 Å². The van der Waals surface area contributed by atoms with Crippen LogP contribution in [0, 0.1) is 0 Å². The molecule has 0 unspecified atom stereocenters. The van der Waals surface area contributed by atoms with Crippen molar-refractivity contribution in [3.63, 3.8) is 0 Å². The van der Waals surface area contributed by atoms with Crippen LogP contribution in [0.5, 0.6) is 11.5 Å². The number of rotatable bonds is 7. The zero-order valence-corrected chi connectivity index (χ0v) is 15.1.